The summed E-state index contributed by atoms with van der Waals surface area (Å²) in [5.41, 5.74) is 9.45. The maximum atomic E-state index is 11.7. The molecule has 148 valence electrons. The predicted octanol–water partition coefficient (Wildman–Crippen LogP) is 3.78. The van der Waals surface area contributed by atoms with Gasteiger partial charge in [0.15, 0.2) is 0 Å². The Hall–Kier alpha value is -2.79. The average Bonchev–Trinajstić information content (AvgIpc) is 2.74. The van der Waals surface area contributed by atoms with Crippen LogP contribution in [0.2, 0.25) is 0 Å². The highest BCUT2D eigenvalue weighted by Crippen LogP contribution is 2.26. The molecule has 5 nitrogen and oxygen atoms in total. The third-order valence-corrected chi connectivity index (χ3v) is 5.15. The Morgan fingerprint density at radius 1 is 1.14 bits per heavy atom. The quantitative estimate of drug-likeness (QED) is 0.651. The van der Waals surface area contributed by atoms with Crippen molar-refractivity contribution >= 4 is 17.2 Å². The van der Waals surface area contributed by atoms with E-state index < -0.39 is 5.91 Å². The van der Waals surface area contributed by atoms with Crippen LogP contribution < -0.4 is 15.8 Å². The fourth-order valence-electron chi connectivity index (χ4n) is 3.61. The molecule has 2 aromatic carbocycles. The Bertz CT molecular complexity index is 818. The second-order valence-electron chi connectivity index (χ2n) is 7.03. The van der Waals surface area contributed by atoms with Crippen molar-refractivity contribution in [2.75, 3.05) is 38.6 Å². The van der Waals surface area contributed by atoms with Gasteiger partial charge in [-0.15, -0.1) is 0 Å². The van der Waals surface area contributed by atoms with Crippen molar-refractivity contribution in [2.45, 2.75) is 19.3 Å². The van der Waals surface area contributed by atoms with E-state index in [0.29, 0.717) is 11.3 Å². The van der Waals surface area contributed by atoms with Crippen LogP contribution in [-0.4, -0.2) is 44.1 Å². The van der Waals surface area contributed by atoms with Gasteiger partial charge in [0.1, 0.15) is 11.3 Å². The first-order chi connectivity index (χ1) is 13.7. The van der Waals surface area contributed by atoms with Crippen molar-refractivity contribution in [3.05, 3.63) is 65.7 Å². The molecular formula is C23H29N3O2. The van der Waals surface area contributed by atoms with Crippen LogP contribution in [0.4, 0.5) is 5.69 Å². The van der Waals surface area contributed by atoms with Gasteiger partial charge in [0.05, 0.1) is 12.8 Å². The third kappa shape index (κ3) is 5.14. The molecule has 0 bridgehead atoms. The monoisotopic (exact) mass is 379 g/mol. The number of methoxy groups -OCH3 is 1. The number of amides is 1. The zero-order valence-corrected chi connectivity index (χ0v) is 16.5. The van der Waals surface area contributed by atoms with Gasteiger partial charge in [-0.3, -0.25) is 9.69 Å². The number of benzene rings is 2. The minimum atomic E-state index is -0.478. The molecular weight excluding hydrogens is 350 g/mol. The number of unbranched alkanes of at least 4 members (excludes halogenated alkanes) is 1. The first-order valence-corrected chi connectivity index (χ1v) is 9.86. The molecule has 3 N–H and O–H groups in total. The van der Waals surface area contributed by atoms with Crippen LogP contribution in [0.1, 0.15) is 35.2 Å². The number of ether oxygens (including phenoxy) is 1. The van der Waals surface area contributed by atoms with Crippen molar-refractivity contribution in [3.63, 3.8) is 0 Å². The van der Waals surface area contributed by atoms with Gasteiger partial charge in [0.25, 0.3) is 5.91 Å². The molecule has 0 unspecified atom stereocenters. The van der Waals surface area contributed by atoms with Gasteiger partial charge in [0.2, 0.25) is 0 Å². The first kappa shape index (κ1) is 20.0. The van der Waals surface area contributed by atoms with Crippen LogP contribution in [0, 0.1) is 0 Å². The number of nitrogens with two attached hydrogens (primary N) is 1. The van der Waals surface area contributed by atoms with Gasteiger partial charge in [-0.25, -0.2) is 0 Å². The number of carbonyl (C=O) groups is 1. The molecule has 0 radical (unpaired) electrons. The highest BCUT2D eigenvalue weighted by molar-refractivity contribution is 6.01. The minimum absolute atomic E-state index is 0.416. The SMILES string of the molecule is COc1cccc(NCCCCN2CC=C(c3ccccc3)CC2)c1C(N)=O. The Morgan fingerprint density at radius 2 is 1.96 bits per heavy atom. The number of rotatable bonds is 9. The summed E-state index contributed by atoms with van der Waals surface area (Å²) in [6.07, 6.45) is 5.60. The van der Waals surface area contributed by atoms with Crippen LogP contribution in [0.25, 0.3) is 5.57 Å². The Kier molecular flexibility index (Phi) is 7.09. The molecule has 3 rings (SSSR count). The van der Waals surface area contributed by atoms with Crippen molar-refractivity contribution < 1.29 is 9.53 Å². The lowest BCUT2D eigenvalue weighted by Gasteiger charge is -2.26. The molecule has 1 amide bonds. The van der Waals surface area contributed by atoms with Crippen LogP contribution in [0.5, 0.6) is 5.75 Å². The molecule has 1 heterocycles. The topological polar surface area (TPSA) is 67.6 Å². The maximum absolute atomic E-state index is 11.7. The summed E-state index contributed by atoms with van der Waals surface area (Å²) < 4.78 is 5.24. The highest BCUT2D eigenvalue weighted by Gasteiger charge is 2.14. The molecule has 0 aromatic heterocycles. The molecule has 2 aromatic rings. The van der Waals surface area contributed by atoms with E-state index >= 15 is 0 Å². The van der Waals surface area contributed by atoms with Crippen molar-refractivity contribution in [1.29, 1.82) is 0 Å². The summed E-state index contributed by atoms with van der Waals surface area (Å²) in [5.74, 6) is 0.0288. The lowest BCUT2D eigenvalue weighted by Crippen LogP contribution is -2.29. The smallest absolute Gasteiger partial charge is 0.254 e. The number of carbonyl (C=O) groups excluding carboxylic acids is 1. The van der Waals surface area contributed by atoms with E-state index in [1.165, 1.54) is 11.1 Å². The van der Waals surface area contributed by atoms with E-state index in [-0.39, 0.29) is 0 Å². The Balaban J connectivity index is 1.42. The van der Waals surface area contributed by atoms with E-state index in [1.54, 1.807) is 13.2 Å². The van der Waals surface area contributed by atoms with Crippen molar-refractivity contribution in [1.82, 2.24) is 4.90 Å². The number of anilines is 1. The summed E-state index contributed by atoms with van der Waals surface area (Å²) in [6, 6.07) is 16.1. The van der Waals surface area contributed by atoms with Gasteiger partial charge in [-0.05, 0) is 49.1 Å². The van der Waals surface area contributed by atoms with E-state index in [2.05, 4.69) is 46.6 Å². The predicted molar refractivity (Wildman–Crippen MR) is 115 cm³/mol. The summed E-state index contributed by atoms with van der Waals surface area (Å²) in [7, 11) is 1.54. The Morgan fingerprint density at radius 3 is 2.64 bits per heavy atom. The molecule has 0 aliphatic carbocycles. The summed E-state index contributed by atoms with van der Waals surface area (Å²) in [5, 5.41) is 3.32. The first-order valence-electron chi connectivity index (χ1n) is 9.86. The normalized spacial score (nSPS) is 14.4. The van der Waals surface area contributed by atoms with E-state index in [9.17, 15) is 4.79 Å². The standard InChI is InChI=1S/C23H29N3O2/c1-28-21-11-7-10-20(22(21)23(24)27)25-14-5-6-15-26-16-12-19(13-17-26)18-8-3-2-4-9-18/h2-4,7-12,25H,5-6,13-17H2,1H3,(H2,24,27). The van der Waals surface area contributed by atoms with Gasteiger partial charge >= 0.3 is 0 Å². The maximum Gasteiger partial charge on any atom is 0.254 e. The number of hydrogen-bond donors (Lipinski definition) is 2. The molecule has 0 atom stereocenters. The van der Waals surface area contributed by atoms with Gasteiger partial charge in [-0.2, -0.15) is 0 Å². The number of primary amides is 1. The second kappa shape index (κ2) is 9.95. The zero-order valence-electron chi connectivity index (χ0n) is 16.5. The number of hydrogen-bond acceptors (Lipinski definition) is 4. The molecule has 0 fully saturated rings. The number of nitrogens with one attached hydrogen (secondary N) is 1. The largest absolute Gasteiger partial charge is 0.496 e. The highest BCUT2D eigenvalue weighted by atomic mass is 16.5. The molecule has 28 heavy (non-hydrogen) atoms. The van der Waals surface area contributed by atoms with Crippen LogP contribution >= 0.6 is 0 Å². The van der Waals surface area contributed by atoms with Crippen molar-refractivity contribution in [3.8, 4) is 5.75 Å². The second-order valence-corrected chi connectivity index (χ2v) is 7.03. The van der Waals surface area contributed by atoms with Crippen LogP contribution in [-0.2, 0) is 0 Å². The minimum Gasteiger partial charge on any atom is -0.496 e. The molecule has 5 heteroatoms. The molecule has 0 saturated heterocycles. The molecule has 0 saturated carbocycles. The van der Waals surface area contributed by atoms with Crippen molar-refractivity contribution in [2.24, 2.45) is 5.73 Å². The lowest BCUT2D eigenvalue weighted by atomic mass is 9.99. The fourth-order valence-corrected chi connectivity index (χ4v) is 3.61. The summed E-state index contributed by atoms with van der Waals surface area (Å²) in [6.45, 7) is 4.00. The van der Waals surface area contributed by atoms with Crippen LogP contribution in [0.3, 0.4) is 0 Å². The lowest BCUT2D eigenvalue weighted by molar-refractivity contribution is 0.0998. The van der Waals surface area contributed by atoms with Gasteiger partial charge in [0, 0.05) is 19.6 Å². The third-order valence-electron chi connectivity index (χ3n) is 5.15. The Labute approximate surface area is 167 Å². The molecule has 1 aliphatic heterocycles. The van der Waals surface area contributed by atoms with Crippen LogP contribution in [0.15, 0.2) is 54.6 Å². The van der Waals surface area contributed by atoms with E-state index in [0.717, 1.165) is 51.1 Å². The fraction of sp³-hybridized carbons (Fsp3) is 0.348. The van der Waals surface area contributed by atoms with E-state index in [4.69, 9.17) is 10.5 Å². The molecule has 1 aliphatic rings. The zero-order chi connectivity index (χ0) is 19.8. The molecule has 0 spiro atoms. The van der Waals surface area contributed by atoms with E-state index in [1.807, 2.05) is 12.1 Å². The summed E-state index contributed by atoms with van der Waals surface area (Å²) >= 11 is 0. The number of nitrogens with zero attached hydrogens (tertiary/aromatic N) is 1. The summed E-state index contributed by atoms with van der Waals surface area (Å²) in [4.78, 5) is 14.2. The average molecular weight is 380 g/mol. The van der Waals surface area contributed by atoms with Gasteiger partial charge < -0.3 is 15.8 Å². The van der Waals surface area contributed by atoms with Gasteiger partial charge in [-0.1, -0.05) is 42.5 Å².